The molecule has 0 saturated heterocycles. The number of aromatic nitrogens is 5. The number of ether oxygens (including phenoxy) is 1. The van der Waals surface area contributed by atoms with Crippen molar-refractivity contribution >= 4 is 5.97 Å². The largest absolute Gasteiger partial charge is 0.465 e. The minimum absolute atomic E-state index is 0.0498. The number of benzene rings is 1. The Kier molecular flexibility index (Phi) is 4.27. The molecule has 1 fully saturated rings. The molecule has 0 unspecified atom stereocenters. The lowest BCUT2D eigenvalue weighted by Crippen LogP contribution is -2.08. The molecule has 27 heavy (non-hydrogen) atoms. The summed E-state index contributed by atoms with van der Waals surface area (Å²) in [5, 5.41) is 22.2. The van der Waals surface area contributed by atoms with Gasteiger partial charge in [-0.15, -0.1) is 5.10 Å². The van der Waals surface area contributed by atoms with Crippen molar-refractivity contribution in [3.63, 3.8) is 0 Å². The Balaban J connectivity index is 1.78. The first-order valence-corrected chi connectivity index (χ1v) is 8.76. The normalized spacial score (nSPS) is 18.5. The van der Waals surface area contributed by atoms with Gasteiger partial charge in [-0.25, -0.2) is 9.48 Å². The number of carbonyl (C=O) groups excluding carboxylic acids is 1. The summed E-state index contributed by atoms with van der Waals surface area (Å²) in [6, 6.07) is 5.77. The van der Waals surface area contributed by atoms with Gasteiger partial charge in [0.2, 0.25) is 0 Å². The van der Waals surface area contributed by atoms with Crippen LogP contribution in [0.15, 0.2) is 30.6 Å². The molecule has 0 radical (unpaired) electrons. The predicted octanol–water partition coefficient (Wildman–Crippen LogP) is 1.86. The van der Waals surface area contributed by atoms with Crippen LogP contribution in [0, 0.1) is 6.92 Å². The van der Waals surface area contributed by atoms with Crippen molar-refractivity contribution in [3.05, 3.63) is 58.7 Å². The maximum Gasteiger partial charge on any atom is 0.341 e. The first kappa shape index (κ1) is 17.4. The van der Waals surface area contributed by atoms with Gasteiger partial charge in [0.1, 0.15) is 5.56 Å². The number of hydrogen-bond donors (Lipinski definition) is 1. The van der Waals surface area contributed by atoms with Gasteiger partial charge in [-0.05, 0) is 36.6 Å². The number of carbonyl (C=O) groups is 1. The second-order valence-electron chi connectivity index (χ2n) is 6.88. The molecule has 140 valence electrons. The van der Waals surface area contributed by atoms with E-state index in [1.807, 2.05) is 38.4 Å². The molecular formula is C19H21N5O3. The SMILES string of the molecule is COC(=O)c1cnn(-c2ccc(C)c(CO)c2)c1[C@@H]1C[C@H]1c1cn(C)nn1. The smallest absolute Gasteiger partial charge is 0.341 e. The monoisotopic (exact) mass is 367 g/mol. The van der Waals surface area contributed by atoms with E-state index >= 15 is 0 Å². The molecule has 4 rings (SSSR count). The van der Waals surface area contributed by atoms with Crippen molar-refractivity contribution in [2.24, 2.45) is 7.05 Å². The maximum absolute atomic E-state index is 12.3. The average molecular weight is 367 g/mol. The highest BCUT2D eigenvalue weighted by molar-refractivity contribution is 5.91. The first-order chi connectivity index (χ1) is 13.0. The van der Waals surface area contributed by atoms with E-state index in [9.17, 15) is 9.90 Å². The van der Waals surface area contributed by atoms with Gasteiger partial charge < -0.3 is 9.84 Å². The highest BCUT2D eigenvalue weighted by Gasteiger charge is 2.46. The molecule has 3 aromatic rings. The quantitative estimate of drug-likeness (QED) is 0.692. The summed E-state index contributed by atoms with van der Waals surface area (Å²) in [5.74, 6) is -0.104. The molecule has 1 N–H and O–H groups in total. The molecular weight excluding hydrogens is 346 g/mol. The van der Waals surface area contributed by atoms with Crippen molar-refractivity contribution in [3.8, 4) is 5.69 Å². The molecule has 2 aromatic heterocycles. The van der Waals surface area contributed by atoms with Crippen molar-refractivity contribution < 1.29 is 14.6 Å². The molecule has 0 bridgehead atoms. The van der Waals surface area contributed by atoms with E-state index in [-0.39, 0.29) is 18.4 Å². The summed E-state index contributed by atoms with van der Waals surface area (Å²) in [5.41, 5.74) is 4.82. The Hall–Kier alpha value is -3.00. The van der Waals surface area contributed by atoms with E-state index in [0.717, 1.165) is 34.6 Å². The minimum atomic E-state index is -0.407. The fourth-order valence-electron chi connectivity index (χ4n) is 3.51. The zero-order valence-corrected chi connectivity index (χ0v) is 15.5. The summed E-state index contributed by atoms with van der Waals surface area (Å²) >= 11 is 0. The van der Waals surface area contributed by atoms with Gasteiger partial charge in [0.25, 0.3) is 0 Å². The van der Waals surface area contributed by atoms with Gasteiger partial charge in [-0.3, -0.25) is 4.68 Å². The van der Waals surface area contributed by atoms with Gasteiger partial charge in [0, 0.05) is 25.1 Å². The molecule has 0 aliphatic heterocycles. The highest BCUT2D eigenvalue weighted by Crippen LogP contribution is 2.55. The summed E-state index contributed by atoms with van der Waals surface area (Å²) < 4.78 is 8.40. The third kappa shape index (κ3) is 3.02. The topological polar surface area (TPSA) is 95.1 Å². The number of aliphatic hydroxyl groups is 1. The van der Waals surface area contributed by atoms with Crippen LogP contribution in [-0.4, -0.2) is 43.0 Å². The van der Waals surface area contributed by atoms with Crippen molar-refractivity contribution in [1.82, 2.24) is 24.8 Å². The Morgan fingerprint density at radius 1 is 1.37 bits per heavy atom. The van der Waals surface area contributed by atoms with E-state index in [2.05, 4.69) is 15.4 Å². The molecule has 1 saturated carbocycles. The van der Waals surface area contributed by atoms with Gasteiger partial charge >= 0.3 is 5.97 Å². The Labute approximate surface area is 156 Å². The third-order valence-corrected chi connectivity index (χ3v) is 5.10. The standard InChI is InChI=1S/C19H21N5O3/c1-11-4-5-13(6-12(11)10-25)24-18(16(8-20-24)19(26)27-3)15-7-14(15)17-9-23(2)22-21-17/h4-6,8-9,14-15,25H,7,10H2,1-3H3/t14-,15-/m1/s1. The number of hydrogen-bond acceptors (Lipinski definition) is 6. The minimum Gasteiger partial charge on any atom is -0.465 e. The van der Waals surface area contributed by atoms with Crippen LogP contribution >= 0.6 is 0 Å². The van der Waals surface area contributed by atoms with E-state index in [4.69, 9.17) is 4.74 Å². The van der Waals surface area contributed by atoms with Crippen LogP contribution in [0.25, 0.3) is 5.69 Å². The maximum atomic E-state index is 12.3. The number of rotatable bonds is 5. The van der Waals surface area contributed by atoms with E-state index in [1.54, 1.807) is 15.6 Å². The Morgan fingerprint density at radius 2 is 2.19 bits per heavy atom. The molecule has 2 heterocycles. The Morgan fingerprint density at radius 3 is 2.85 bits per heavy atom. The zero-order valence-electron chi connectivity index (χ0n) is 15.5. The number of esters is 1. The number of aliphatic hydroxyl groups excluding tert-OH is 1. The lowest BCUT2D eigenvalue weighted by atomic mass is 10.1. The predicted molar refractivity (Wildman–Crippen MR) is 96.7 cm³/mol. The first-order valence-electron chi connectivity index (χ1n) is 8.76. The molecule has 1 aliphatic carbocycles. The Bertz CT molecular complexity index is 1010. The highest BCUT2D eigenvalue weighted by atomic mass is 16.5. The van der Waals surface area contributed by atoms with Gasteiger partial charge in [0.05, 0.1) is 37.0 Å². The van der Waals surface area contributed by atoms with Crippen molar-refractivity contribution in [2.45, 2.75) is 31.8 Å². The van der Waals surface area contributed by atoms with E-state index in [1.165, 1.54) is 7.11 Å². The molecule has 1 aromatic carbocycles. The van der Waals surface area contributed by atoms with Gasteiger partial charge in [-0.1, -0.05) is 11.3 Å². The lowest BCUT2D eigenvalue weighted by Gasteiger charge is -2.11. The van der Waals surface area contributed by atoms with Crippen LogP contribution in [0.4, 0.5) is 0 Å². The summed E-state index contributed by atoms with van der Waals surface area (Å²) in [6.07, 6.45) is 4.32. The molecule has 0 amide bonds. The second kappa shape index (κ2) is 6.62. The second-order valence-corrected chi connectivity index (χ2v) is 6.88. The van der Waals surface area contributed by atoms with Crippen LogP contribution in [0.3, 0.4) is 0 Å². The average Bonchev–Trinajstić information content (AvgIpc) is 3.13. The lowest BCUT2D eigenvalue weighted by molar-refractivity contribution is 0.0599. The third-order valence-electron chi connectivity index (χ3n) is 5.10. The zero-order chi connectivity index (χ0) is 19.1. The molecule has 2 atom stereocenters. The molecule has 1 aliphatic rings. The van der Waals surface area contributed by atoms with Gasteiger partial charge in [-0.2, -0.15) is 5.10 Å². The number of methoxy groups -OCH3 is 1. The van der Waals surface area contributed by atoms with Crippen molar-refractivity contribution in [1.29, 1.82) is 0 Å². The molecule has 8 heteroatoms. The fraction of sp³-hybridized carbons (Fsp3) is 0.368. The van der Waals surface area contributed by atoms with Crippen LogP contribution < -0.4 is 0 Å². The number of aryl methyl sites for hydroxylation is 2. The summed E-state index contributed by atoms with van der Waals surface area (Å²) in [6.45, 7) is 1.90. The van der Waals surface area contributed by atoms with Crippen LogP contribution in [0.1, 0.15) is 51.1 Å². The van der Waals surface area contributed by atoms with Crippen LogP contribution in [0.2, 0.25) is 0 Å². The van der Waals surface area contributed by atoms with E-state index < -0.39 is 5.97 Å². The van der Waals surface area contributed by atoms with E-state index in [0.29, 0.717) is 5.56 Å². The van der Waals surface area contributed by atoms with Crippen molar-refractivity contribution in [2.75, 3.05) is 7.11 Å². The molecule has 0 spiro atoms. The summed E-state index contributed by atoms with van der Waals surface area (Å²) in [7, 11) is 3.20. The molecule has 8 nitrogen and oxygen atoms in total. The fourth-order valence-corrected chi connectivity index (χ4v) is 3.51. The van der Waals surface area contributed by atoms with Crippen LogP contribution in [0.5, 0.6) is 0 Å². The summed E-state index contributed by atoms with van der Waals surface area (Å²) in [4.78, 5) is 12.3. The van der Waals surface area contributed by atoms with Crippen LogP contribution in [-0.2, 0) is 18.4 Å². The van der Waals surface area contributed by atoms with Gasteiger partial charge in [0.15, 0.2) is 0 Å². The number of nitrogens with zero attached hydrogens (tertiary/aromatic N) is 5.